The molecule has 1 aromatic carbocycles. The van der Waals surface area contributed by atoms with Crippen LogP contribution in [0.1, 0.15) is 23.7 Å². The molecule has 21 heavy (non-hydrogen) atoms. The lowest BCUT2D eigenvalue weighted by atomic mass is 10.0. The molecule has 1 atom stereocenters. The Morgan fingerprint density at radius 3 is 2.62 bits per heavy atom. The van der Waals surface area contributed by atoms with E-state index in [1.165, 1.54) is 6.92 Å². The monoisotopic (exact) mass is 300 g/mol. The van der Waals surface area contributed by atoms with E-state index in [0.717, 1.165) is 18.2 Å². The van der Waals surface area contributed by atoms with Crippen LogP contribution in [-0.4, -0.2) is 39.2 Å². The summed E-state index contributed by atoms with van der Waals surface area (Å²) in [5.41, 5.74) is -2.69. The molecule has 1 rings (SSSR count). The lowest BCUT2D eigenvalue weighted by Gasteiger charge is -2.21. The first-order valence-electron chi connectivity index (χ1n) is 5.79. The largest absolute Gasteiger partial charge is 0.481 e. The molecule has 0 aromatic heterocycles. The van der Waals surface area contributed by atoms with E-state index < -0.39 is 40.3 Å². The molecule has 1 unspecified atom stereocenters. The second kappa shape index (κ2) is 6.27. The highest BCUT2D eigenvalue weighted by atomic mass is 19.1. The second-order valence-corrected chi connectivity index (χ2v) is 4.67. The molecular formula is C12H13FN2O6. The molecule has 0 aliphatic carbocycles. The topological polar surface area (TPSA) is 130 Å². The SMILES string of the molecule is CC(O)(CNC(=O)c1ccc(F)c([N+](=O)[O-])c1)CC(=O)O. The minimum atomic E-state index is -1.67. The van der Waals surface area contributed by atoms with Crippen LogP contribution in [0.4, 0.5) is 10.1 Å². The van der Waals surface area contributed by atoms with E-state index in [0.29, 0.717) is 0 Å². The first kappa shape index (κ1) is 16.5. The van der Waals surface area contributed by atoms with Gasteiger partial charge in [-0.1, -0.05) is 0 Å². The number of carboxylic acids is 1. The fraction of sp³-hybridized carbons (Fsp3) is 0.333. The van der Waals surface area contributed by atoms with Crippen molar-refractivity contribution in [2.45, 2.75) is 18.9 Å². The van der Waals surface area contributed by atoms with Gasteiger partial charge in [0, 0.05) is 18.2 Å². The summed E-state index contributed by atoms with van der Waals surface area (Å²) in [4.78, 5) is 31.8. The normalized spacial score (nSPS) is 13.3. The molecule has 0 aliphatic heterocycles. The quantitative estimate of drug-likeness (QED) is 0.523. The molecule has 1 amide bonds. The summed E-state index contributed by atoms with van der Waals surface area (Å²) in [6.45, 7) is 0.845. The number of benzene rings is 1. The van der Waals surface area contributed by atoms with Crippen LogP contribution in [0.5, 0.6) is 0 Å². The summed E-state index contributed by atoms with van der Waals surface area (Å²) in [5.74, 6) is -3.11. The zero-order chi connectivity index (χ0) is 16.2. The molecule has 3 N–H and O–H groups in total. The van der Waals surface area contributed by atoms with E-state index >= 15 is 0 Å². The van der Waals surface area contributed by atoms with E-state index in [4.69, 9.17) is 5.11 Å². The van der Waals surface area contributed by atoms with Gasteiger partial charge in [-0.25, -0.2) is 0 Å². The van der Waals surface area contributed by atoms with Gasteiger partial charge < -0.3 is 15.5 Å². The van der Waals surface area contributed by atoms with Crippen LogP contribution >= 0.6 is 0 Å². The number of aliphatic hydroxyl groups is 1. The Hall–Kier alpha value is -2.55. The molecule has 0 spiro atoms. The smallest absolute Gasteiger partial charge is 0.306 e. The first-order chi connectivity index (χ1) is 9.62. The number of carboxylic acid groups (broad SMARTS) is 1. The standard InChI is InChI=1S/C12H13FN2O6/c1-12(19,5-10(16)17)6-14-11(18)7-2-3-8(13)9(4-7)15(20)21/h2-4,19H,5-6H2,1H3,(H,14,18)(H,16,17). The number of hydrogen-bond donors (Lipinski definition) is 3. The van der Waals surface area contributed by atoms with Gasteiger partial charge in [0.1, 0.15) is 0 Å². The maximum absolute atomic E-state index is 13.1. The minimum Gasteiger partial charge on any atom is -0.481 e. The average molecular weight is 300 g/mol. The summed E-state index contributed by atoms with van der Waals surface area (Å²) in [7, 11) is 0. The molecule has 0 radical (unpaired) electrons. The lowest BCUT2D eigenvalue weighted by molar-refractivity contribution is -0.387. The van der Waals surface area contributed by atoms with Gasteiger partial charge in [-0.2, -0.15) is 4.39 Å². The Morgan fingerprint density at radius 2 is 2.10 bits per heavy atom. The van der Waals surface area contributed by atoms with Crippen molar-refractivity contribution in [3.05, 3.63) is 39.7 Å². The van der Waals surface area contributed by atoms with Crippen LogP contribution in [0, 0.1) is 15.9 Å². The third kappa shape index (κ3) is 4.80. The van der Waals surface area contributed by atoms with Gasteiger partial charge in [-0.3, -0.25) is 19.7 Å². The Kier molecular flexibility index (Phi) is 4.93. The van der Waals surface area contributed by atoms with Crippen molar-refractivity contribution >= 4 is 17.6 Å². The van der Waals surface area contributed by atoms with Gasteiger partial charge in [-0.05, 0) is 19.1 Å². The van der Waals surface area contributed by atoms with Gasteiger partial charge in [-0.15, -0.1) is 0 Å². The van der Waals surface area contributed by atoms with Crippen LogP contribution in [-0.2, 0) is 4.79 Å². The molecule has 1 aromatic rings. The third-order valence-electron chi connectivity index (χ3n) is 2.57. The van der Waals surface area contributed by atoms with Gasteiger partial charge >= 0.3 is 11.7 Å². The van der Waals surface area contributed by atoms with E-state index in [9.17, 15) is 29.2 Å². The maximum atomic E-state index is 13.1. The summed E-state index contributed by atoms with van der Waals surface area (Å²) in [6, 6.07) is 2.59. The van der Waals surface area contributed by atoms with Gasteiger partial charge in [0.2, 0.25) is 5.82 Å². The van der Waals surface area contributed by atoms with Crippen molar-refractivity contribution in [3.8, 4) is 0 Å². The number of aliphatic carboxylic acids is 1. The zero-order valence-corrected chi connectivity index (χ0v) is 11.0. The summed E-state index contributed by atoms with van der Waals surface area (Å²) < 4.78 is 13.1. The minimum absolute atomic E-state index is 0.172. The van der Waals surface area contributed by atoms with E-state index in [1.54, 1.807) is 0 Å². The summed E-state index contributed by atoms with van der Waals surface area (Å²) in [6.07, 6.45) is -0.586. The number of rotatable bonds is 6. The number of nitro benzene ring substituents is 1. The van der Waals surface area contributed by atoms with Crippen LogP contribution in [0.15, 0.2) is 18.2 Å². The fourth-order valence-electron chi connectivity index (χ4n) is 1.55. The highest BCUT2D eigenvalue weighted by Gasteiger charge is 2.25. The molecule has 0 aliphatic rings. The van der Waals surface area contributed by atoms with Gasteiger partial charge in [0.15, 0.2) is 0 Å². The van der Waals surface area contributed by atoms with Gasteiger partial charge in [0.05, 0.1) is 16.9 Å². The van der Waals surface area contributed by atoms with Crippen molar-refractivity contribution in [3.63, 3.8) is 0 Å². The average Bonchev–Trinajstić information content (AvgIpc) is 2.34. The number of nitro groups is 1. The lowest BCUT2D eigenvalue weighted by Crippen LogP contribution is -2.42. The number of carbonyl (C=O) groups is 2. The molecule has 0 heterocycles. The molecule has 114 valence electrons. The number of halogens is 1. The van der Waals surface area contributed by atoms with E-state index in [1.807, 2.05) is 0 Å². The Balaban J connectivity index is 2.79. The number of nitrogens with zero attached hydrogens (tertiary/aromatic N) is 1. The Morgan fingerprint density at radius 1 is 1.48 bits per heavy atom. The number of nitrogens with one attached hydrogen (secondary N) is 1. The molecule has 0 saturated heterocycles. The van der Waals surface area contributed by atoms with Crippen molar-refractivity contribution < 1.29 is 29.1 Å². The predicted molar refractivity (Wildman–Crippen MR) is 68.3 cm³/mol. The number of hydrogen-bond acceptors (Lipinski definition) is 5. The third-order valence-corrected chi connectivity index (χ3v) is 2.57. The first-order valence-corrected chi connectivity index (χ1v) is 5.79. The molecule has 0 bridgehead atoms. The van der Waals surface area contributed by atoms with Crippen molar-refractivity contribution in [2.75, 3.05) is 6.54 Å². The van der Waals surface area contributed by atoms with Crippen molar-refractivity contribution in [2.24, 2.45) is 0 Å². The van der Waals surface area contributed by atoms with E-state index in [2.05, 4.69) is 5.32 Å². The highest BCUT2D eigenvalue weighted by Crippen LogP contribution is 2.18. The van der Waals surface area contributed by atoms with E-state index in [-0.39, 0.29) is 12.1 Å². The Bertz CT molecular complexity index is 587. The molecule has 9 heteroatoms. The number of amides is 1. The number of carbonyl (C=O) groups excluding carboxylic acids is 1. The van der Waals surface area contributed by atoms with Crippen LogP contribution in [0.2, 0.25) is 0 Å². The summed E-state index contributed by atoms with van der Waals surface area (Å²) in [5, 5.41) is 31.1. The molecule has 0 saturated carbocycles. The van der Waals surface area contributed by atoms with Crippen LogP contribution in [0.3, 0.4) is 0 Å². The van der Waals surface area contributed by atoms with Crippen LogP contribution in [0.25, 0.3) is 0 Å². The predicted octanol–water partition coefficient (Wildman–Crippen LogP) is 0.689. The highest BCUT2D eigenvalue weighted by molar-refractivity contribution is 5.94. The second-order valence-electron chi connectivity index (χ2n) is 4.67. The summed E-state index contributed by atoms with van der Waals surface area (Å²) >= 11 is 0. The fourth-order valence-corrected chi connectivity index (χ4v) is 1.55. The molecule has 0 fully saturated rings. The van der Waals surface area contributed by atoms with Crippen LogP contribution < -0.4 is 5.32 Å². The van der Waals surface area contributed by atoms with Crippen molar-refractivity contribution in [1.82, 2.24) is 5.32 Å². The zero-order valence-electron chi connectivity index (χ0n) is 11.0. The molecule has 8 nitrogen and oxygen atoms in total. The molecular weight excluding hydrogens is 287 g/mol. The maximum Gasteiger partial charge on any atom is 0.306 e. The van der Waals surface area contributed by atoms with Crippen molar-refractivity contribution in [1.29, 1.82) is 0 Å². The van der Waals surface area contributed by atoms with Gasteiger partial charge in [0.25, 0.3) is 5.91 Å². The Labute approximate surface area is 118 Å².